The van der Waals surface area contributed by atoms with Crippen LogP contribution >= 0.6 is 11.3 Å². The first kappa shape index (κ1) is 18.5. The average molecular weight is 414 g/mol. The van der Waals surface area contributed by atoms with Crippen LogP contribution in [0.3, 0.4) is 0 Å². The Labute approximate surface area is 172 Å². The highest BCUT2D eigenvalue weighted by Crippen LogP contribution is 2.36. The zero-order valence-corrected chi connectivity index (χ0v) is 17.0. The maximum Gasteiger partial charge on any atom is 0.260 e. The predicted molar refractivity (Wildman–Crippen MR) is 109 cm³/mol. The molecular weight excluding hydrogens is 392 g/mol. The molecule has 0 atom stereocenters. The largest absolute Gasteiger partial charge is 0.415 e. The van der Waals surface area contributed by atoms with Crippen LogP contribution in [-0.4, -0.2) is 72.8 Å². The van der Waals surface area contributed by atoms with Gasteiger partial charge in [0.05, 0.1) is 37.7 Å². The van der Waals surface area contributed by atoms with Crippen LogP contribution in [0.4, 0.5) is 10.9 Å². The summed E-state index contributed by atoms with van der Waals surface area (Å²) in [5.74, 6) is 1.81. The first-order valence-electron chi connectivity index (χ1n) is 9.71. The number of hydrogen-bond donors (Lipinski definition) is 0. The van der Waals surface area contributed by atoms with E-state index in [0.29, 0.717) is 25.0 Å². The molecule has 0 saturated carbocycles. The van der Waals surface area contributed by atoms with Gasteiger partial charge in [0.15, 0.2) is 5.13 Å². The molecule has 2 aliphatic rings. The summed E-state index contributed by atoms with van der Waals surface area (Å²) in [6.45, 7) is 8.09. The van der Waals surface area contributed by atoms with Gasteiger partial charge >= 0.3 is 0 Å². The molecule has 9 nitrogen and oxygen atoms in total. The molecular formula is C19H22N6O3S. The summed E-state index contributed by atoms with van der Waals surface area (Å²) in [6, 6.07) is 3.85. The third-order valence-corrected chi connectivity index (χ3v) is 6.22. The van der Waals surface area contributed by atoms with Crippen molar-refractivity contribution >= 4 is 22.3 Å². The number of rotatable bonds is 4. The van der Waals surface area contributed by atoms with E-state index in [9.17, 15) is 0 Å². The normalized spacial score (nSPS) is 17.7. The number of anilines is 2. The third kappa shape index (κ3) is 3.70. The standard InChI is InChI=1S/C19H22N6O3S/c1-13-15(29-19(21-13)25-7-11-27-12-8-25)18-23-22-17(28-18)14-3-2-4-20-16(14)24-5-9-26-10-6-24/h2-4H,5-12H2,1H3. The minimum absolute atomic E-state index is 0.468. The quantitative estimate of drug-likeness (QED) is 0.637. The highest BCUT2D eigenvalue weighted by atomic mass is 32.1. The second-order valence-electron chi connectivity index (χ2n) is 6.90. The van der Waals surface area contributed by atoms with E-state index >= 15 is 0 Å². The fraction of sp³-hybridized carbons (Fsp3) is 0.474. The first-order valence-corrected chi connectivity index (χ1v) is 10.5. The Balaban J connectivity index is 1.44. The van der Waals surface area contributed by atoms with Gasteiger partial charge in [-0.3, -0.25) is 0 Å². The Morgan fingerprint density at radius 1 is 0.931 bits per heavy atom. The monoisotopic (exact) mass is 414 g/mol. The number of hydrogen-bond acceptors (Lipinski definition) is 10. The Hall–Kier alpha value is -2.56. The number of ether oxygens (including phenoxy) is 2. The molecule has 0 bridgehead atoms. The van der Waals surface area contributed by atoms with Crippen LogP contribution in [0.1, 0.15) is 5.69 Å². The Bertz CT molecular complexity index is 978. The molecule has 0 unspecified atom stereocenters. The van der Waals surface area contributed by atoms with Crippen molar-refractivity contribution in [2.24, 2.45) is 0 Å². The smallest absolute Gasteiger partial charge is 0.260 e. The minimum Gasteiger partial charge on any atom is -0.415 e. The highest BCUT2D eigenvalue weighted by molar-refractivity contribution is 7.19. The molecule has 5 heterocycles. The lowest BCUT2D eigenvalue weighted by atomic mass is 10.2. The van der Waals surface area contributed by atoms with Gasteiger partial charge in [0, 0.05) is 32.4 Å². The molecule has 5 rings (SSSR count). The summed E-state index contributed by atoms with van der Waals surface area (Å²) in [6.07, 6.45) is 1.79. The Morgan fingerprint density at radius 2 is 1.62 bits per heavy atom. The zero-order valence-electron chi connectivity index (χ0n) is 16.2. The molecule has 0 aromatic carbocycles. The minimum atomic E-state index is 0.468. The van der Waals surface area contributed by atoms with Gasteiger partial charge < -0.3 is 23.7 Å². The molecule has 0 aliphatic carbocycles. The van der Waals surface area contributed by atoms with Crippen molar-refractivity contribution in [3.05, 3.63) is 24.0 Å². The predicted octanol–water partition coefficient (Wildman–Crippen LogP) is 2.24. The van der Waals surface area contributed by atoms with Crippen LogP contribution in [0, 0.1) is 6.92 Å². The van der Waals surface area contributed by atoms with Crippen LogP contribution < -0.4 is 9.80 Å². The molecule has 2 saturated heterocycles. The Morgan fingerprint density at radius 3 is 2.38 bits per heavy atom. The van der Waals surface area contributed by atoms with Crippen molar-refractivity contribution in [1.82, 2.24) is 20.2 Å². The third-order valence-electron chi connectivity index (χ3n) is 5.01. The number of pyridine rings is 1. The second kappa shape index (κ2) is 8.05. The lowest BCUT2D eigenvalue weighted by molar-refractivity contribution is 0.122. The van der Waals surface area contributed by atoms with E-state index < -0.39 is 0 Å². The molecule has 0 amide bonds. The fourth-order valence-corrected chi connectivity index (χ4v) is 4.53. The van der Waals surface area contributed by atoms with Gasteiger partial charge in [-0.2, -0.15) is 0 Å². The molecule has 3 aromatic rings. The van der Waals surface area contributed by atoms with Gasteiger partial charge in [0.25, 0.3) is 11.8 Å². The van der Waals surface area contributed by atoms with Crippen LogP contribution in [0.2, 0.25) is 0 Å². The number of aryl methyl sites for hydroxylation is 1. The van der Waals surface area contributed by atoms with Gasteiger partial charge in [-0.15, -0.1) is 10.2 Å². The number of morpholine rings is 2. The van der Waals surface area contributed by atoms with Crippen molar-refractivity contribution in [1.29, 1.82) is 0 Å². The molecule has 0 N–H and O–H groups in total. The molecule has 0 spiro atoms. The fourth-order valence-electron chi connectivity index (χ4n) is 3.49. The molecule has 29 heavy (non-hydrogen) atoms. The van der Waals surface area contributed by atoms with Crippen LogP contribution in [0.15, 0.2) is 22.7 Å². The van der Waals surface area contributed by atoms with E-state index in [-0.39, 0.29) is 0 Å². The molecule has 3 aromatic heterocycles. The van der Waals surface area contributed by atoms with Gasteiger partial charge in [0.1, 0.15) is 10.7 Å². The summed E-state index contributed by atoms with van der Waals surface area (Å²) in [4.78, 5) is 14.6. The van der Waals surface area contributed by atoms with Gasteiger partial charge in [-0.1, -0.05) is 11.3 Å². The maximum atomic E-state index is 6.08. The van der Waals surface area contributed by atoms with E-state index in [4.69, 9.17) is 18.9 Å². The topological polar surface area (TPSA) is 89.6 Å². The summed E-state index contributed by atoms with van der Waals surface area (Å²) in [5, 5.41) is 9.59. The van der Waals surface area contributed by atoms with Crippen LogP contribution in [-0.2, 0) is 9.47 Å². The maximum absolute atomic E-state index is 6.08. The number of nitrogens with zero attached hydrogens (tertiary/aromatic N) is 6. The van der Waals surface area contributed by atoms with Crippen molar-refractivity contribution < 1.29 is 13.9 Å². The van der Waals surface area contributed by atoms with Crippen molar-refractivity contribution in [3.63, 3.8) is 0 Å². The van der Waals surface area contributed by atoms with Crippen molar-refractivity contribution in [2.45, 2.75) is 6.92 Å². The number of aromatic nitrogens is 4. The average Bonchev–Trinajstić information content (AvgIpc) is 3.42. The summed E-state index contributed by atoms with van der Waals surface area (Å²) < 4.78 is 17.0. The first-order chi connectivity index (χ1) is 14.3. The Kier molecular flexibility index (Phi) is 5.13. The van der Waals surface area contributed by atoms with Crippen molar-refractivity contribution in [3.8, 4) is 22.2 Å². The molecule has 0 radical (unpaired) electrons. The summed E-state index contributed by atoms with van der Waals surface area (Å²) >= 11 is 1.58. The van der Waals surface area contributed by atoms with E-state index in [1.165, 1.54) is 0 Å². The van der Waals surface area contributed by atoms with Gasteiger partial charge in [-0.05, 0) is 19.1 Å². The zero-order chi connectivity index (χ0) is 19.6. The molecule has 2 fully saturated rings. The number of thiazole rings is 1. The van der Waals surface area contributed by atoms with Crippen molar-refractivity contribution in [2.75, 3.05) is 62.4 Å². The summed E-state index contributed by atoms with van der Waals surface area (Å²) in [7, 11) is 0. The molecule has 2 aliphatic heterocycles. The SMILES string of the molecule is Cc1nc(N2CCOCC2)sc1-c1nnc(-c2cccnc2N2CCOCC2)o1. The van der Waals surface area contributed by atoms with Crippen LogP contribution in [0.5, 0.6) is 0 Å². The highest BCUT2D eigenvalue weighted by Gasteiger charge is 2.23. The molecule has 152 valence electrons. The lowest BCUT2D eigenvalue weighted by Gasteiger charge is -2.28. The molecule has 10 heteroatoms. The van der Waals surface area contributed by atoms with Crippen LogP contribution in [0.25, 0.3) is 22.2 Å². The van der Waals surface area contributed by atoms with E-state index in [1.807, 2.05) is 19.1 Å². The second-order valence-corrected chi connectivity index (χ2v) is 7.87. The van der Waals surface area contributed by atoms with E-state index in [0.717, 1.165) is 66.5 Å². The van der Waals surface area contributed by atoms with Gasteiger partial charge in [0.2, 0.25) is 0 Å². The van der Waals surface area contributed by atoms with Gasteiger partial charge in [-0.25, -0.2) is 9.97 Å². The summed E-state index contributed by atoms with van der Waals surface area (Å²) in [5.41, 5.74) is 1.73. The van der Waals surface area contributed by atoms with E-state index in [1.54, 1.807) is 17.5 Å². The van der Waals surface area contributed by atoms with E-state index in [2.05, 4.69) is 25.0 Å². The lowest BCUT2D eigenvalue weighted by Crippen LogP contribution is -2.37.